The quantitative estimate of drug-likeness (QED) is 0.845. The number of alkyl halides is 2. The Hall–Kier alpha value is -1.82. The fourth-order valence-corrected chi connectivity index (χ4v) is 1.59. The maximum Gasteiger partial charge on any atom is 0.337 e. The summed E-state index contributed by atoms with van der Waals surface area (Å²) in [4.78, 5) is 21.6. The largest absolute Gasteiger partial charge is 0.479 e. The van der Waals surface area contributed by atoms with Crippen LogP contribution in [-0.4, -0.2) is 22.0 Å². The van der Waals surface area contributed by atoms with E-state index in [4.69, 9.17) is 5.11 Å². The molecular weight excluding hydrogens is 246 g/mol. The second kappa shape index (κ2) is 5.68. The maximum atomic E-state index is 12.7. The SMILES string of the molecule is CC(=O)Cc1ccc(C(F)F)c(C(O)C(=O)O)c1. The second-order valence-corrected chi connectivity index (χ2v) is 3.88. The van der Waals surface area contributed by atoms with E-state index in [2.05, 4.69) is 0 Å². The molecule has 0 aliphatic carbocycles. The molecule has 0 bridgehead atoms. The third kappa shape index (κ3) is 3.33. The Kier molecular flexibility index (Phi) is 4.49. The Morgan fingerprint density at radius 2 is 1.89 bits per heavy atom. The van der Waals surface area contributed by atoms with Crippen molar-refractivity contribution in [2.45, 2.75) is 25.9 Å². The molecule has 0 saturated carbocycles. The van der Waals surface area contributed by atoms with Crippen molar-refractivity contribution in [2.24, 2.45) is 0 Å². The first-order valence-electron chi connectivity index (χ1n) is 5.14. The Bertz CT molecular complexity index is 471. The lowest BCUT2D eigenvalue weighted by Crippen LogP contribution is -2.14. The molecule has 0 fully saturated rings. The van der Waals surface area contributed by atoms with Crippen LogP contribution in [0.25, 0.3) is 0 Å². The molecule has 18 heavy (non-hydrogen) atoms. The molecular formula is C12H12F2O4. The highest BCUT2D eigenvalue weighted by Crippen LogP contribution is 2.28. The van der Waals surface area contributed by atoms with Gasteiger partial charge in [0.15, 0.2) is 6.10 Å². The highest BCUT2D eigenvalue weighted by molar-refractivity contribution is 5.79. The predicted octanol–water partition coefficient (Wildman–Crippen LogP) is 1.87. The highest BCUT2D eigenvalue weighted by atomic mass is 19.3. The molecule has 0 heterocycles. The zero-order chi connectivity index (χ0) is 13.9. The summed E-state index contributed by atoms with van der Waals surface area (Å²) in [5.41, 5.74) is -0.532. The van der Waals surface area contributed by atoms with Gasteiger partial charge in [-0.2, -0.15) is 0 Å². The third-order valence-corrected chi connectivity index (χ3v) is 2.37. The monoisotopic (exact) mass is 258 g/mol. The molecule has 98 valence electrons. The minimum atomic E-state index is -2.89. The van der Waals surface area contributed by atoms with Crippen LogP contribution in [-0.2, 0) is 16.0 Å². The van der Waals surface area contributed by atoms with Gasteiger partial charge in [0.2, 0.25) is 0 Å². The minimum Gasteiger partial charge on any atom is -0.479 e. The van der Waals surface area contributed by atoms with Gasteiger partial charge in [0.25, 0.3) is 6.43 Å². The van der Waals surface area contributed by atoms with Crippen molar-refractivity contribution in [1.82, 2.24) is 0 Å². The molecule has 2 N–H and O–H groups in total. The standard InChI is InChI=1S/C12H12F2O4/c1-6(15)4-7-2-3-8(11(13)14)9(5-7)10(16)12(17)18/h2-3,5,10-11,16H,4H2,1H3,(H,17,18). The van der Waals surface area contributed by atoms with E-state index in [1.807, 2.05) is 0 Å². The number of aliphatic carboxylic acids is 1. The first kappa shape index (κ1) is 14.2. The number of aliphatic hydroxyl groups is 1. The van der Waals surface area contributed by atoms with E-state index in [1.54, 1.807) is 0 Å². The van der Waals surface area contributed by atoms with Crippen LogP contribution < -0.4 is 0 Å². The minimum absolute atomic E-state index is 0.00283. The number of carbonyl (C=O) groups excluding carboxylic acids is 1. The van der Waals surface area contributed by atoms with Crippen LogP contribution >= 0.6 is 0 Å². The Labute approximate surface area is 102 Å². The van der Waals surface area contributed by atoms with Crippen LogP contribution in [0.5, 0.6) is 0 Å². The summed E-state index contributed by atoms with van der Waals surface area (Å²) in [5, 5.41) is 18.0. The van der Waals surface area contributed by atoms with Crippen molar-refractivity contribution in [3.05, 3.63) is 34.9 Å². The van der Waals surface area contributed by atoms with Crippen molar-refractivity contribution in [3.8, 4) is 0 Å². The molecule has 1 atom stereocenters. The van der Waals surface area contributed by atoms with Gasteiger partial charge < -0.3 is 10.2 Å². The number of halogens is 2. The molecule has 1 unspecified atom stereocenters. The van der Waals surface area contributed by atoms with E-state index >= 15 is 0 Å². The molecule has 6 heteroatoms. The number of hydrogen-bond acceptors (Lipinski definition) is 3. The Morgan fingerprint density at radius 1 is 1.28 bits per heavy atom. The van der Waals surface area contributed by atoms with Crippen molar-refractivity contribution < 1.29 is 28.6 Å². The number of ketones is 1. The van der Waals surface area contributed by atoms with Crippen LogP contribution in [0.4, 0.5) is 8.78 Å². The lowest BCUT2D eigenvalue weighted by Gasteiger charge is -2.13. The van der Waals surface area contributed by atoms with Gasteiger partial charge in [0.05, 0.1) is 0 Å². The van der Waals surface area contributed by atoms with Crippen LogP contribution in [0.1, 0.15) is 36.1 Å². The van der Waals surface area contributed by atoms with Crippen LogP contribution in [0.15, 0.2) is 18.2 Å². The number of carbonyl (C=O) groups is 2. The van der Waals surface area contributed by atoms with Crippen molar-refractivity contribution in [1.29, 1.82) is 0 Å². The average molecular weight is 258 g/mol. The van der Waals surface area contributed by atoms with E-state index in [0.717, 1.165) is 12.1 Å². The van der Waals surface area contributed by atoms with Crippen molar-refractivity contribution in [2.75, 3.05) is 0 Å². The molecule has 0 saturated heterocycles. The summed E-state index contributed by atoms with van der Waals surface area (Å²) in [6.45, 7) is 1.33. The molecule has 1 aromatic rings. The molecule has 4 nitrogen and oxygen atoms in total. The molecule has 0 aliphatic heterocycles. The summed E-state index contributed by atoms with van der Waals surface area (Å²) in [6.07, 6.45) is -4.91. The predicted molar refractivity (Wildman–Crippen MR) is 58.4 cm³/mol. The van der Waals surface area contributed by atoms with Crippen LogP contribution in [0, 0.1) is 0 Å². The number of rotatable bonds is 5. The topological polar surface area (TPSA) is 74.6 Å². The maximum absolute atomic E-state index is 12.7. The lowest BCUT2D eigenvalue weighted by molar-refractivity contribution is -0.147. The summed E-state index contributed by atoms with van der Waals surface area (Å²) in [7, 11) is 0. The average Bonchev–Trinajstić information content (AvgIpc) is 2.26. The van der Waals surface area contributed by atoms with E-state index in [0.29, 0.717) is 5.56 Å². The Balaban J connectivity index is 3.23. The van der Waals surface area contributed by atoms with Gasteiger partial charge in [-0.25, -0.2) is 13.6 Å². The zero-order valence-electron chi connectivity index (χ0n) is 9.56. The number of carboxylic acids is 1. The lowest BCUT2D eigenvalue weighted by atomic mass is 9.97. The summed E-state index contributed by atoms with van der Waals surface area (Å²) >= 11 is 0. The van der Waals surface area contributed by atoms with Gasteiger partial charge in [0, 0.05) is 17.5 Å². The van der Waals surface area contributed by atoms with E-state index in [-0.39, 0.29) is 17.8 Å². The molecule has 0 aromatic heterocycles. The van der Waals surface area contributed by atoms with Gasteiger partial charge in [-0.1, -0.05) is 18.2 Å². The van der Waals surface area contributed by atoms with Gasteiger partial charge in [-0.15, -0.1) is 0 Å². The zero-order valence-corrected chi connectivity index (χ0v) is 9.56. The summed E-state index contributed by atoms with van der Waals surface area (Å²) in [6, 6.07) is 3.48. The first-order valence-corrected chi connectivity index (χ1v) is 5.14. The van der Waals surface area contributed by atoms with Gasteiger partial charge in [0.1, 0.15) is 5.78 Å². The first-order chi connectivity index (χ1) is 8.32. The van der Waals surface area contributed by atoms with E-state index in [1.165, 1.54) is 13.0 Å². The van der Waals surface area contributed by atoms with Crippen LogP contribution in [0.3, 0.4) is 0 Å². The smallest absolute Gasteiger partial charge is 0.337 e. The fraction of sp³-hybridized carbons (Fsp3) is 0.333. The van der Waals surface area contributed by atoms with Gasteiger partial charge in [-0.05, 0) is 12.5 Å². The third-order valence-electron chi connectivity index (χ3n) is 2.37. The van der Waals surface area contributed by atoms with E-state index < -0.39 is 24.1 Å². The number of carboxylic acid groups (broad SMARTS) is 1. The molecule has 1 aromatic carbocycles. The molecule has 0 spiro atoms. The van der Waals surface area contributed by atoms with Gasteiger partial charge in [-0.3, -0.25) is 4.79 Å². The van der Waals surface area contributed by atoms with E-state index in [9.17, 15) is 23.5 Å². The molecule has 0 radical (unpaired) electrons. The number of Topliss-reactive ketones (excluding diaryl/α,β-unsaturated/α-hetero) is 1. The number of benzene rings is 1. The van der Waals surface area contributed by atoms with Crippen LogP contribution in [0.2, 0.25) is 0 Å². The Morgan fingerprint density at radius 3 is 2.33 bits per heavy atom. The normalized spacial score (nSPS) is 12.5. The van der Waals surface area contributed by atoms with Crippen molar-refractivity contribution in [3.63, 3.8) is 0 Å². The highest BCUT2D eigenvalue weighted by Gasteiger charge is 2.24. The molecule has 1 rings (SSSR count). The van der Waals surface area contributed by atoms with Gasteiger partial charge >= 0.3 is 5.97 Å². The summed E-state index contributed by atoms with van der Waals surface area (Å²) in [5.74, 6) is -1.80. The van der Waals surface area contributed by atoms with Crippen molar-refractivity contribution >= 4 is 11.8 Å². The number of aliphatic hydroxyl groups excluding tert-OH is 1. The molecule has 0 amide bonds. The fourth-order valence-electron chi connectivity index (χ4n) is 1.59. The molecule has 0 aliphatic rings. The second-order valence-electron chi connectivity index (χ2n) is 3.88. The summed E-state index contributed by atoms with van der Waals surface area (Å²) < 4.78 is 25.3. The number of hydrogen-bond donors (Lipinski definition) is 2.